The van der Waals surface area contributed by atoms with Gasteiger partial charge in [-0.15, -0.1) is 11.3 Å². The molecule has 0 aromatic carbocycles. The number of hydrogen-bond acceptors (Lipinski definition) is 4. The first-order valence-corrected chi connectivity index (χ1v) is 7.06. The molecule has 5 heteroatoms. The quantitative estimate of drug-likeness (QED) is 0.786. The highest BCUT2D eigenvalue weighted by atomic mass is 32.1. The molecule has 0 saturated carbocycles. The van der Waals surface area contributed by atoms with Gasteiger partial charge in [-0.25, -0.2) is 5.10 Å². The van der Waals surface area contributed by atoms with Gasteiger partial charge in [0.05, 0.1) is 15.4 Å². The maximum atomic E-state index is 11.5. The van der Waals surface area contributed by atoms with Crippen molar-refractivity contribution in [2.45, 2.75) is 13.8 Å². The summed E-state index contributed by atoms with van der Waals surface area (Å²) in [5, 5.41) is 6.71. The molecule has 0 radical (unpaired) electrons. The molecule has 3 aromatic rings. The van der Waals surface area contributed by atoms with Gasteiger partial charge in [0, 0.05) is 11.8 Å². The van der Waals surface area contributed by atoms with Gasteiger partial charge in [-0.3, -0.25) is 9.78 Å². The smallest absolute Gasteiger partial charge is 0.267 e. The minimum Gasteiger partial charge on any atom is -0.268 e. The van der Waals surface area contributed by atoms with Crippen molar-refractivity contribution in [1.29, 1.82) is 0 Å². The van der Waals surface area contributed by atoms with Crippen molar-refractivity contribution < 1.29 is 0 Å². The van der Waals surface area contributed by atoms with Crippen LogP contribution >= 0.6 is 11.3 Å². The van der Waals surface area contributed by atoms with Crippen molar-refractivity contribution in [3.63, 3.8) is 0 Å². The highest BCUT2D eigenvalue weighted by Crippen LogP contribution is 2.33. The number of rotatable bonds is 2. The Morgan fingerprint density at radius 3 is 2.60 bits per heavy atom. The molecule has 0 aliphatic heterocycles. The predicted molar refractivity (Wildman–Crippen MR) is 80.9 cm³/mol. The van der Waals surface area contributed by atoms with Gasteiger partial charge in [-0.2, -0.15) is 5.10 Å². The molecular weight excluding hydrogens is 270 g/mol. The standard InChI is InChI=1S/C15H13N3OS/c1-9-10(2)15(19)18-17-14(9)13-7-6-12(20-13)11-5-3-4-8-16-11/h3-8H,1-2H3,(H,18,19). The molecule has 4 nitrogen and oxygen atoms in total. The highest BCUT2D eigenvalue weighted by Gasteiger charge is 2.12. The molecule has 3 heterocycles. The lowest BCUT2D eigenvalue weighted by molar-refractivity contribution is 0.961. The molecule has 0 fully saturated rings. The van der Waals surface area contributed by atoms with Crippen LogP contribution in [0.4, 0.5) is 0 Å². The first kappa shape index (κ1) is 12.7. The lowest BCUT2D eigenvalue weighted by Crippen LogP contribution is -2.13. The summed E-state index contributed by atoms with van der Waals surface area (Å²) in [5.41, 5.74) is 3.27. The van der Waals surface area contributed by atoms with Gasteiger partial charge < -0.3 is 0 Å². The largest absolute Gasteiger partial charge is 0.268 e. The normalized spacial score (nSPS) is 10.7. The van der Waals surface area contributed by atoms with Crippen LogP contribution in [0.5, 0.6) is 0 Å². The van der Waals surface area contributed by atoms with Gasteiger partial charge in [0.25, 0.3) is 5.56 Å². The Labute approximate surface area is 120 Å². The number of aromatic amines is 1. The molecule has 0 aliphatic carbocycles. The fraction of sp³-hybridized carbons (Fsp3) is 0.133. The number of thiophene rings is 1. The lowest BCUT2D eigenvalue weighted by Gasteiger charge is -2.03. The third-order valence-electron chi connectivity index (χ3n) is 3.28. The molecule has 0 aliphatic rings. The van der Waals surface area contributed by atoms with E-state index in [0.29, 0.717) is 5.56 Å². The van der Waals surface area contributed by atoms with Gasteiger partial charge in [-0.1, -0.05) is 6.07 Å². The summed E-state index contributed by atoms with van der Waals surface area (Å²) in [7, 11) is 0. The van der Waals surface area contributed by atoms with E-state index >= 15 is 0 Å². The van der Waals surface area contributed by atoms with Crippen molar-refractivity contribution in [2.24, 2.45) is 0 Å². The van der Waals surface area contributed by atoms with Gasteiger partial charge in [0.1, 0.15) is 5.69 Å². The summed E-state index contributed by atoms with van der Waals surface area (Å²) in [6.07, 6.45) is 1.78. The molecule has 0 saturated heterocycles. The summed E-state index contributed by atoms with van der Waals surface area (Å²) < 4.78 is 0. The average Bonchev–Trinajstić information content (AvgIpc) is 2.95. The Balaban J connectivity index is 2.07. The fourth-order valence-electron chi connectivity index (χ4n) is 1.97. The molecule has 0 unspecified atom stereocenters. The number of nitrogens with zero attached hydrogens (tertiary/aromatic N) is 2. The Hall–Kier alpha value is -2.27. The van der Waals surface area contributed by atoms with Crippen LogP contribution in [0.2, 0.25) is 0 Å². The number of H-pyrrole nitrogens is 1. The van der Waals surface area contributed by atoms with Crippen molar-refractivity contribution in [1.82, 2.24) is 15.2 Å². The molecule has 3 rings (SSSR count). The molecular formula is C15H13N3OS. The third kappa shape index (κ3) is 2.16. The molecule has 0 bridgehead atoms. The highest BCUT2D eigenvalue weighted by molar-refractivity contribution is 7.18. The molecule has 100 valence electrons. The van der Waals surface area contributed by atoms with Gasteiger partial charge in [0.2, 0.25) is 0 Å². The molecule has 20 heavy (non-hydrogen) atoms. The van der Waals surface area contributed by atoms with Crippen LogP contribution in [0.3, 0.4) is 0 Å². The van der Waals surface area contributed by atoms with Crippen LogP contribution in [0.15, 0.2) is 41.3 Å². The van der Waals surface area contributed by atoms with Crippen LogP contribution in [-0.2, 0) is 0 Å². The average molecular weight is 283 g/mol. The topological polar surface area (TPSA) is 58.6 Å². The summed E-state index contributed by atoms with van der Waals surface area (Å²) in [6.45, 7) is 3.74. The number of hydrogen-bond donors (Lipinski definition) is 1. The van der Waals surface area contributed by atoms with Gasteiger partial charge in [-0.05, 0) is 43.7 Å². The van der Waals surface area contributed by atoms with Crippen LogP contribution < -0.4 is 5.56 Å². The number of pyridine rings is 1. The second kappa shape index (κ2) is 5.02. The molecule has 0 amide bonds. The molecule has 0 atom stereocenters. The van der Waals surface area contributed by atoms with E-state index in [1.807, 2.05) is 44.2 Å². The van der Waals surface area contributed by atoms with Crippen molar-refractivity contribution in [2.75, 3.05) is 0 Å². The summed E-state index contributed by atoms with van der Waals surface area (Å²) in [4.78, 5) is 18.0. The first-order chi connectivity index (χ1) is 9.66. The Morgan fingerprint density at radius 2 is 1.85 bits per heavy atom. The summed E-state index contributed by atoms with van der Waals surface area (Å²) in [6, 6.07) is 9.89. The second-order valence-corrected chi connectivity index (χ2v) is 5.61. The minimum absolute atomic E-state index is 0.132. The van der Waals surface area contributed by atoms with Crippen molar-refractivity contribution >= 4 is 11.3 Å². The first-order valence-electron chi connectivity index (χ1n) is 6.24. The van der Waals surface area contributed by atoms with Gasteiger partial charge in [0.15, 0.2) is 0 Å². The van der Waals surface area contributed by atoms with E-state index in [-0.39, 0.29) is 5.56 Å². The Kier molecular flexibility index (Phi) is 3.20. The summed E-state index contributed by atoms with van der Waals surface area (Å²) >= 11 is 1.62. The molecule has 0 spiro atoms. The van der Waals surface area contributed by atoms with E-state index < -0.39 is 0 Å². The zero-order valence-electron chi connectivity index (χ0n) is 11.2. The van der Waals surface area contributed by atoms with Crippen LogP contribution in [-0.4, -0.2) is 15.2 Å². The van der Waals surface area contributed by atoms with Crippen molar-refractivity contribution in [3.05, 3.63) is 58.0 Å². The van der Waals surface area contributed by atoms with Gasteiger partial charge >= 0.3 is 0 Å². The lowest BCUT2D eigenvalue weighted by atomic mass is 10.1. The molecule has 3 aromatic heterocycles. The third-order valence-corrected chi connectivity index (χ3v) is 4.40. The predicted octanol–water partition coefficient (Wildman–Crippen LogP) is 3.18. The van der Waals surface area contributed by atoms with E-state index in [1.165, 1.54) is 0 Å². The SMILES string of the molecule is Cc1c(-c2ccc(-c3ccccn3)s2)n[nH]c(=O)c1C. The van der Waals surface area contributed by atoms with Crippen LogP contribution in [0, 0.1) is 13.8 Å². The van der Waals surface area contributed by atoms with Crippen LogP contribution in [0.25, 0.3) is 21.1 Å². The monoisotopic (exact) mass is 283 g/mol. The van der Waals surface area contributed by atoms with E-state index in [9.17, 15) is 4.79 Å². The van der Waals surface area contributed by atoms with E-state index in [0.717, 1.165) is 26.7 Å². The Bertz CT molecular complexity index is 805. The van der Waals surface area contributed by atoms with E-state index in [2.05, 4.69) is 15.2 Å². The zero-order valence-corrected chi connectivity index (χ0v) is 12.0. The number of aromatic nitrogens is 3. The van der Waals surface area contributed by atoms with Crippen molar-refractivity contribution in [3.8, 4) is 21.1 Å². The van der Waals surface area contributed by atoms with E-state index in [1.54, 1.807) is 17.5 Å². The Morgan fingerprint density at radius 1 is 1.05 bits per heavy atom. The van der Waals surface area contributed by atoms with Crippen LogP contribution in [0.1, 0.15) is 11.1 Å². The summed E-state index contributed by atoms with van der Waals surface area (Å²) in [5.74, 6) is 0. The minimum atomic E-state index is -0.132. The van der Waals surface area contributed by atoms with E-state index in [4.69, 9.17) is 0 Å². The second-order valence-electron chi connectivity index (χ2n) is 4.53. The molecule has 1 N–H and O–H groups in total. The fourth-order valence-corrected chi connectivity index (χ4v) is 3.00. The maximum Gasteiger partial charge on any atom is 0.267 e. The number of nitrogens with one attached hydrogen (secondary N) is 1. The zero-order chi connectivity index (χ0) is 14.1. The maximum absolute atomic E-state index is 11.5.